The van der Waals surface area contributed by atoms with Gasteiger partial charge in [-0.05, 0) is 29.3 Å². The van der Waals surface area contributed by atoms with Crippen LogP contribution >= 0.6 is 0 Å². The van der Waals surface area contributed by atoms with Crippen LogP contribution in [0.1, 0.15) is 25.0 Å². The van der Waals surface area contributed by atoms with E-state index in [0.717, 1.165) is 61.0 Å². The van der Waals surface area contributed by atoms with Crippen LogP contribution in [0.15, 0.2) is 140 Å². The Bertz CT molecular complexity index is 2420. The highest BCUT2D eigenvalue weighted by molar-refractivity contribution is 6.12. The largest absolute Gasteiger partial charge is 0.454 e. The summed E-state index contributed by atoms with van der Waals surface area (Å²) in [5.41, 5.74) is 9.32. The molecule has 0 atom stereocenters. The first-order valence-electron chi connectivity index (χ1n) is 15.3. The standard InChI is InChI=1S/C41H29N3O/c1-41(2)32-16-8-11-19-36(32)45-39-33(41)25-24-30-29-14-7-10-18-35(29)44(38(30)39)40-42-34-17-9-6-15-31(34)37(43-40)28-22-20-27(21-23-28)26-12-4-3-5-13-26/h3-25H,1-2H3. The molecule has 0 N–H and O–H groups in total. The van der Waals surface area contributed by atoms with Gasteiger partial charge in [0.05, 0.1) is 16.7 Å². The van der Waals surface area contributed by atoms with E-state index in [0.29, 0.717) is 5.95 Å². The molecule has 0 aliphatic carbocycles. The predicted molar refractivity (Wildman–Crippen MR) is 183 cm³/mol. The van der Waals surface area contributed by atoms with E-state index in [-0.39, 0.29) is 5.41 Å². The number of para-hydroxylation sites is 3. The lowest BCUT2D eigenvalue weighted by Crippen LogP contribution is -2.24. The van der Waals surface area contributed by atoms with E-state index in [2.05, 4.69) is 140 Å². The molecule has 0 fully saturated rings. The molecule has 6 aromatic carbocycles. The lowest BCUT2D eigenvalue weighted by Gasteiger charge is -2.34. The second-order valence-electron chi connectivity index (χ2n) is 12.2. The number of hydrogen-bond donors (Lipinski definition) is 0. The summed E-state index contributed by atoms with van der Waals surface area (Å²) in [6.07, 6.45) is 0. The zero-order valence-corrected chi connectivity index (χ0v) is 25.0. The van der Waals surface area contributed by atoms with Crippen LogP contribution < -0.4 is 4.74 Å². The fraction of sp³-hybridized carbons (Fsp3) is 0.0732. The molecule has 45 heavy (non-hydrogen) atoms. The van der Waals surface area contributed by atoms with Crippen molar-refractivity contribution in [1.29, 1.82) is 0 Å². The molecule has 2 aromatic heterocycles. The van der Waals surface area contributed by atoms with Gasteiger partial charge in [-0.15, -0.1) is 0 Å². The van der Waals surface area contributed by atoms with Crippen LogP contribution in [0.5, 0.6) is 11.5 Å². The van der Waals surface area contributed by atoms with E-state index in [4.69, 9.17) is 14.7 Å². The molecule has 0 saturated carbocycles. The van der Waals surface area contributed by atoms with E-state index in [1.165, 1.54) is 16.7 Å². The topological polar surface area (TPSA) is 39.9 Å². The molecule has 8 aromatic rings. The van der Waals surface area contributed by atoms with E-state index >= 15 is 0 Å². The van der Waals surface area contributed by atoms with Crippen molar-refractivity contribution in [2.75, 3.05) is 0 Å². The first-order valence-corrected chi connectivity index (χ1v) is 15.3. The minimum atomic E-state index is -0.241. The van der Waals surface area contributed by atoms with Crippen molar-refractivity contribution in [3.63, 3.8) is 0 Å². The molecular weight excluding hydrogens is 550 g/mol. The monoisotopic (exact) mass is 579 g/mol. The lowest BCUT2D eigenvalue weighted by molar-refractivity contribution is 0.421. The van der Waals surface area contributed by atoms with Crippen LogP contribution in [-0.4, -0.2) is 14.5 Å². The highest BCUT2D eigenvalue weighted by Crippen LogP contribution is 2.52. The van der Waals surface area contributed by atoms with Crippen molar-refractivity contribution in [2.24, 2.45) is 0 Å². The van der Waals surface area contributed by atoms with Crippen LogP contribution in [0.25, 0.3) is 61.0 Å². The summed E-state index contributed by atoms with van der Waals surface area (Å²) in [6, 6.07) is 48.7. The fourth-order valence-electron chi connectivity index (χ4n) is 6.99. The van der Waals surface area contributed by atoms with Crippen LogP contribution in [0.2, 0.25) is 0 Å². The number of benzene rings is 6. The number of ether oxygens (including phenoxy) is 1. The van der Waals surface area contributed by atoms with Gasteiger partial charge < -0.3 is 4.74 Å². The van der Waals surface area contributed by atoms with Gasteiger partial charge in [0.2, 0.25) is 5.95 Å². The summed E-state index contributed by atoms with van der Waals surface area (Å²) in [6.45, 7) is 4.55. The number of fused-ring (bicyclic) bond motifs is 7. The highest BCUT2D eigenvalue weighted by atomic mass is 16.5. The third-order valence-corrected chi connectivity index (χ3v) is 9.29. The maximum absolute atomic E-state index is 6.80. The Hall–Kier alpha value is -5.74. The van der Waals surface area contributed by atoms with Gasteiger partial charge in [0.15, 0.2) is 5.75 Å². The molecule has 0 saturated heterocycles. The number of aromatic nitrogens is 3. The zero-order valence-electron chi connectivity index (χ0n) is 25.0. The van der Waals surface area contributed by atoms with Crippen molar-refractivity contribution in [3.05, 3.63) is 151 Å². The summed E-state index contributed by atoms with van der Waals surface area (Å²) < 4.78 is 9.00. The minimum absolute atomic E-state index is 0.241. The summed E-state index contributed by atoms with van der Waals surface area (Å²) in [7, 11) is 0. The van der Waals surface area contributed by atoms with E-state index in [9.17, 15) is 0 Å². The second-order valence-corrected chi connectivity index (χ2v) is 12.2. The Morgan fingerprint density at radius 3 is 2.04 bits per heavy atom. The van der Waals surface area contributed by atoms with Gasteiger partial charge in [-0.25, -0.2) is 9.97 Å². The van der Waals surface area contributed by atoms with Crippen molar-refractivity contribution in [2.45, 2.75) is 19.3 Å². The first-order chi connectivity index (χ1) is 22.1. The average molecular weight is 580 g/mol. The van der Waals surface area contributed by atoms with E-state index in [1.807, 2.05) is 18.2 Å². The van der Waals surface area contributed by atoms with E-state index in [1.54, 1.807) is 0 Å². The maximum Gasteiger partial charge on any atom is 0.235 e. The summed E-state index contributed by atoms with van der Waals surface area (Å²) >= 11 is 0. The predicted octanol–water partition coefficient (Wildman–Crippen LogP) is 10.5. The molecule has 3 heterocycles. The Morgan fingerprint density at radius 1 is 0.533 bits per heavy atom. The van der Waals surface area contributed by atoms with Crippen molar-refractivity contribution < 1.29 is 4.74 Å². The highest BCUT2D eigenvalue weighted by Gasteiger charge is 2.36. The normalized spacial score (nSPS) is 13.5. The Kier molecular flexibility index (Phi) is 5.51. The number of hydrogen-bond acceptors (Lipinski definition) is 3. The van der Waals surface area contributed by atoms with Gasteiger partial charge in [-0.1, -0.05) is 135 Å². The molecule has 1 aliphatic rings. The van der Waals surface area contributed by atoms with Crippen LogP contribution in [0.3, 0.4) is 0 Å². The average Bonchev–Trinajstić information content (AvgIpc) is 3.43. The van der Waals surface area contributed by atoms with Gasteiger partial charge >= 0.3 is 0 Å². The lowest BCUT2D eigenvalue weighted by atomic mass is 9.75. The van der Waals surface area contributed by atoms with Crippen molar-refractivity contribution >= 4 is 32.7 Å². The maximum atomic E-state index is 6.80. The van der Waals surface area contributed by atoms with Crippen molar-refractivity contribution in [3.8, 4) is 39.8 Å². The number of rotatable bonds is 3. The molecule has 214 valence electrons. The summed E-state index contributed by atoms with van der Waals surface area (Å²) in [4.78, 5) is 10.5. The van der Waals surface area contributed by atoms with Crippen molar-refractivity contribution in [1.82, 2.24) is 14.5 Å². The Balaban J connectivity index is 1.32. The van der Waals surface area contributed by atoms with Crippen LogP contribution in [0.4, 0.5) is 0 Å². The van der Waals surface area contributed by atoms with Gasteiger partial charge in [-0.3, -0.25) is 4.57 Å². The molecule has 4 heteroatoms. The van der Waals surface area contributed by atoms with E-state index < -0.39 is 0 Å². The fourth-order valence-corrected chi connectivity index (χ4v) is 6.99. The molecule has 0 spiro atoms. The quantitative estimate of drug-likeness (QED) is 0.209. The van der Waals surface area contributed by atoms with Gasteiger partial charge in [0.25, 0.3) is 0 Å². The van der Waals surface area contributed by atoms with Crippen LogP contribution in [-0.2, 0) is 5.41 Å². The molecule has 0 unspecified atom stereocenters. The first kappa shape index (κ1) is 25.7. The third kappa shape index (κ3) is 3.85. The van der Waals surface area contributed by atoms with Gasteiger partial charge in [0, 0.05) is 38.3 Å². The zero-order chi connectivity index (χ0) is 30.1. The number of nitrogens with zero attached hydrogens (tertiary/aromatic N) is 3. The molecule has 1 aliphatic heterocycles. The van der Waals surface area contributed by atoms with Crippen LogP contribution in [0, 0.1) is 0 Å². The summed E-state index contributed by atoms with van der Waals surface area (Å²) in [5.74, 6) is 2.37. The SMILES string of the molecule is CC1(C)c2ccccc2Oc2c1ccc1c3ccccc3n(-c3nc(-c4ccc(-c5ccccc5)cc4)c4ccccc4n3)c21. The Labute approximate surface area is 261 Å². The minimum Gasteiger partial charge on any atom is -0.454 e. The molecule has 0 radical (unpaired) electrons. The smallest absolute Gasteiger partial charge is 0.235 e. The summed E-state index contributed by atoms with van der Waals surface area (Å²) in [5, 5.41) is 3.27. The molecule has 4 nitrogen and oxygen atoms in total. The van der Waals surface area contributed by atoms with Gasteiger partial charge in [0.1, 0.15) is 11.3 Å². The Morgan fingerprint density at radius 2 is 1.20 bits per heavy atom. The molecular formula is C41H29N3O. The third-order valence-electron chi connectivity index (χ3n) is 9.29. The molecule has 0 amide bonds. The molecule has 0 bridgehead atoms. The second kappa shape index (κ2) is 9.63. The molecule has 9 rings (SSSR count). The van der Waals surface area contributed by atoms with Gasteiger partial charge in [-0.2, -0.15) is 0 Å².